The van der Waals surface area contributed by atoms with Crippen molar-refractivity contribution in [2.24, 2.45) is 0 Å². The van der Waals surface area contributed by atoms with Crippen LogP contribution in [0.2, 0.25) is 0 Å². The van der Waals surface area contributed by atoms with E-state index in [1.165, 1.54) is 22.2 Å². The quantitative estimate of drug-likeness (QED) is 0.648. The molecule has 3 heterocycles. The van der Waals surface area contributed by atoms with Crippen LogP contribution >= 0.6 is 11.3 Å². The third-order valence-electron chi connectivity index (χ3n) is 4.73. The second kappa shape index (κ2) is 7.25. The number of hydrogen-bond acceptors (Lipinski definition) is 4. The molecule has 2 aromatic heterocycles. The summed E-state index contributed by atoms with van der Waals surface area (Å²) in [4.78, 5) is 13.9. The Morgan fingerprint density at radius 1 is 1.19 bits per heavy atom. The van der Waals surface area contributed by atoms with Crippen molar-refractivity contribution in [2.45, 2.75) is 39.3 Å². The minimum absolute atomic E-state index is 0.161. The zero-order valence-electron chi connectivity index (χ0n) is 15.1. The maximum absolute atomic E-state index is 14.0. The predicted molar refractivity (Wildman–Crippen MR) is 104 cm³/mol. The standard InChI is InChI=1S/C21H22FN3S/c1-14(2)21-23-11-15-12-25(10-9-19(15)24-21)13-16-7-8-20(26-16)17-5-3-4-6-18(17)22/h3-8,11,14H,9-10,12-13H2,1-2H3. The lowest BCUT2D eigenvalue weighted by atomic mass is 10.1. The second-order valence-corrected chi connectivity index (χ2v) is 8.23. The van der Waals surface area contributed by atoms with Gasteiger partial charge in [-0.15, -0.1) is 11.3 Å². The van der Waals surface area contributed by atoms with Crippen LogP contribution in [0, 0.1) is 5.82 Å². The van der Waals surface area contributed by atoms with Gasteiger partial charge in [0, 0.05) is 64.7 Å². The number of fused-ring (bicyclic) bond motifs is 1. The van der Waals surface area contributed by atoms with E-state index in [9.17, 15) is 4.39 Å². The van der Waals surface area contributed by atoms with Gasteiger partial charge in [0.1, 0.15) is 11.6 Å². The Hall–Kier alpha value is -2.11. The van der Waals surface area contributed by atoms with Gasteiger partial charge in [-0.1, -0.05) is 32.0 Å². The number of rotatable bonds is 4. The van der Waals surface area contributed by atoms with Crippen LogP contribution in [0.1, 0.15) is 41.7 Å². The van der Waals surface area contributed by atoms with Crippen molar-refractivity contribution < 1.29 is 4.39 Å². The SMILES string of the molecule is CC(C)c1ncc2c(n1)CCN(Cc1ccc(-c3ccccc3F)s1)C2. The molecule has 0 radical (unpaired) electrons. The number of aromatic nitrogens is 2. The lowest BCUT2D eigenvalue weighted by Crippen LogP contribution is -2.30. The largest absolute Gasteiger partial charge is 0.293 e. The average Bonchev–Trinajstić information content (AvgIpc) is 3.09. The van der Waals surface area contributed by atoms with Gasteiger partial charge in [0.25, 0.3) is 0 Å². The van der Waals surface area contributed by atoms with E-state index in [4.69, 9.17) is 4.98 Å². The molecule has 0 saturated heterocycles. The summed E-state index contributed by atoms with van der Waals surface area (Å²) >= 11 is 1.67. The first-order chi connectivity index (χ1) is 12.6. The second-order valence-electron chi connectivity index (χ2n) is 7.06. The first-order valence-electron chi connectivity index (χ1n) is 9.01. The highest BCUT2D eigenvalue weighted by Crippen LogP contribution is 2.31. The van der Waals surface area contributed by atoms with Gasteiger partial charge in [-0.2, -0.15) is 0 Å². The van der Waals surface area contributed by atoms with Gasteiger partial charge in [-0.3, -0.25) is 4.90 Å². The molecule has 0 atom stereocenters. The molecule has 134 valence electrons. The van der Waals surface area contributed by atoms with Crippen LogP contribution in [-0.2, 0) is 19.5 Å². The molecule has 0 amide bonds. The fourth-order valence-electron chi connectivity index (χ4n) is 3.29. The van der Waals surface area contributed by atoms with E-state index in [-0.39, 0.29) is 5.82 Å². The molecule has 4 rings (SSSR count). The van der Waals surface area contributed by atoms with E-state index in [1.807, 2.05) is 24.4 Å². The predicted octanol–water partition coefficient (Wildman–Crippen LogP) is 5.03. The molecule has 0 fully saturated rings. The van der Waals surface area contributed by atoms with Crippen LogP contribution in [0.15, 0.2) is 42.6 Å². The number of nitrogens with zero attached hydrogens (tertiary/aromatic N) is 3. The van der Waals surface area contributed by atoms with Crippen molar-refractivity contribution in [2.75, 3.05) is 6.54 Å². The highest BCUT2D eigenvalue weighted by atomic mass is 32.1. The summed E-state index contributed by atoms with van der Waals surface area (Å²) < 4.78 is 14.0. The molecule has 0 unspecified atom stereocenters. The molecule has 1 aliphatic rings. The third-order valence-corrected chi connectivity index (χ3v) is 5.83. The van der Waals surface area contributed by atoms with Gasteiger partial charge in [0.15, 0.2) is 0 Å². The van der Waals surface area contributed by atoms with Gasteiger partial charge in [-0.25, -0.2) is 14.4 Å². The summed E-state index contributed by atoms with van der Waals surface area (Å²) in [5.41, 5.74) is 3.10. The highest BCUT2D eigenvalue weighted by molar-refractivity contribution is 7.15. The molecule has 3 aromatic rings. The van der Waals surface area contributed by atoms with Crippen molar-refractivity contribution in [3.63, 3.8) is 0 Å². The van der Waals surface area contributed by atoms with Gasteiger partial charge in [0.2, 0.25) is 0 Å². The van der Waals surface area contributed by atoms with Crippen molar-refractivity contribution in [1.29, 1.82) is 0 Å². The first kappa shape index (κ1) is 17.3. The van der Waals surface area contributed by atoms with E-state index in [2.05, 4.69) is 29.8 Å². The first-order valence-corrected chi connectivity index (χ1v) is 9.82. The fraction of sp³-hybridized carbons (Fsp3) is 0.333. The van der Waals surface area contributed by atoms with E-state index in [1.54, 1.807) is 17.4 Å². The highest BCUT2D eigenvalue weighted by Gasteiger charge is 2.20. The van der Waals surface area contributed by atoms with Crippen molar-refractivity contribution in [3.8, 4) is 10.4 Å². The fourth-order valence-corrected chi connectivity index (χ4v) is 4.37. The maximum Gasteiger partial charge on any atom is 0.131 e. The zero-order valence-corrected chi connectivity index (χ0v) is 15.9. The Bertz CT molecular complexity index is 919. The smallest absolute Gasteiger partial charge is 0.131 e. The Labute approximate surface area is 157 Å². The maximum atomic E-state index is 14.0. The molecule has 0 bridgehead atoms. The minimum atomic E-state index is -0.161. The minimum Gasteiger partial charge on any atom is -0.293 e. The molecule has 0 N–H and O–H groups in total. The molecular weight excluding hydrogens is 345 g/mol. The van der Waals surface area contributed by atoms with Crippen LogP contribution in [0.3, 0.4) is 0 Å². The Morgan fingerprint density at radius 2 is 2.04 bits per heavy atom. The van der Waals surface area contributed by atoms with Gasteiger partial charge < -0.3 is 0 Å². The Morgan fingerprint density at radius 3 is 2.85 bits per heavy atom. The normalized spacial score (nSPS) is 14.6. The topological polar surface area (TPSA) is 29.0 Å². The number of benzene rings is 1. The Kier molecular flexibility index (Phi) is 4.83. The molecule has 1 aliphatic heterocycles. The van der Waals surface area contributed by atoms with Crippen molar-refractivity contribution >= 4 is 11.3 Å². The molecule has 5 heteroatoms. The number of halogens is 1. The summed E-state index contributed by atoms with van der Waals surface area (Å²) in [5.74, 6) is 1.14. The van der Waals surface area contributed by atoms with Gasteiger partial charge in [0.05, 0.1) is 0 Å². The molecule has 0 spiro atoms. The molecular formula is C21H22FN3S. The summed E-state index contributed by atoms with van der Waals surface area (Å²) in [6.07, 6.45) is 2.95. The molecule has 0 aliphatic carbocycles. The van der Waals surface area contributed by atoms with Crippen LogP contribution in [0.4, 0.5) is 4.39 Å². The summed E-state index contributed by atoms with van der Waals surface area (Å²) in [6.45, 7) is 7.00. The monoisotopic (exact) mass is 367 g/mol. The molecule has 1 aromatic carbocycles. The summed E-state index contributed by atoms with van der Waals surface area (Å²) in [5, 5.41) is 0. The lowest BCUT2D eigenvalue weighted by molar-refractivity contribution is 0.244. The molecule has 26 heavy (non-hydrogen) atoms. The summed E-state index contributed by atoms with van der Waals surface area (Å²) in [6, 6.07) is 11.1. The van der Waals surface area contributed by atoms with E-state index in [0.717, 1.165) is 36.8 Å². The number of thiophene rings is 1. The van der Waals surface area contributed by atoms with Crippen molar-refractivity contribution in [3.05, 3.63) is 70.4 Å². The van der Waals surface area contributed by atoms with Crippen LogP contribution in [0.5, 0.6) is 0 Å². The summed E-state index contributed by atoms with van der Waals surface area (Å²) in [7, 11) is 0. The van der Waals surface area contributed by atoms with E-state index in [0.29, 0.717) is 11.5 Å². The van der Waals surface area contributed by atoms with Gasteiger partial charge >= 0.3 is 0 Å². The van der Waals surface area contributed by atoms with Crippen LogP contribution in [0.25, 0.3) is 10.4 Å². The van der Waals surface area contributed by atoms with Crippen LogP contribution in [-0.4, -0.2) is 21.4 Å². The van der Waals surface area contributed by atoms with Crippen molar-refractivity contribution in [1.82, 2.24) is 14.9 Å². The van der Waals surface area contributed by atoms with Crippen LogP contribution < -0.4 is 0 Å². The number of hydrogen-bond donors (Lipinski definition) is 0. The molecule has 3 nitrogen and oxygen atoms in total. The van der Waals surface area contributed by atoms with E-state index < -0.39 is 0 Å². The lowest BCUT2D eigenvalue weighted by Gasteiger charge is -2.27. The zero-order chi connectivity index (χ0) is 18.1. The molecule has 0 saturated carbocycles. The third kappa shape index (κ3) is 3.55. The van der Waals surface area contributed by atoms with Gasteiger partial charge in [-0.05, 0) is 18.2 Å². The average molecular weight is 367 g/mol. The van der Waals surface area contributed by atoms with E-state index >= 15 is 0 Å². The Balaban J connectivity index is 1.47.